The molecule has 2 nitrogen and oxygen atoms in total. The Morgan fingerprint density at radius 2 is 1.81 bits per heavy atom. The zero-order chi connectivity index (χ0) is 11.4. The van der Waals surface area contributed by atoms with Gasteiger partial charge in [-0.2, -0.15) is 0 Å². The molecule has 2 aromatic rings. The molecule has 0 bridgehead atoms. The lowest BCUT2D eigenvalue weighted by molar-refractivity contribution is 0.632. The molecule has 82 valence electrons. The number of hydrogen-bond acceptors (Lipinski definition) is 2. The third-order valence-electron chi connectivity index (χ3n) is 2.33. The quantitative estimate of drug-likeness (QED) is 0.774. The summed E-state index contributed by atoms with van der Waals surface area (Å²) in [5.74, 6) is -0.372. The first-order chi connectivity index (χ1) is 7.75. The number of nitrogen functional groups attached to an aromatic ring is 1. The molecule has 0 atom stereocenters. The van der Waals surface area contributed by atoms with Gasteiger partial charge >= 0.3 is 0 Å². The van der Waals surface area contributed by atoms with E-state index in [1.165, 1.54) is 6.07 Å². The van der Waals surface area contributed by atoms with Gasteiger partial charge < -0.3 is 11.1 Å². The molecule has 16 heavy (non-hydrogen) atoms. The van der Waals surface area contributed by atoms with Crippen LogP contribution in [0.4, 0.5) is 15.8 Å². The molecular weight excluding hydrogens is 203 g/mol. The SMILES string of the molecule is Nc1cc(CNc2ccccc2)ccc1F. The lowest BCUT2D eigenvalue weighted by Gasteiger charge is -2.07. The van der Waals surface area contributed by atoms with E-state index >= 15 is 0 Å². The van der Waals surface area contributed by atoms with E-state index in [1.807, 2.05) is 30.3 Å². The van der Waals surface area contributed by atoms with Crippen LogP contribution in [0.5, 0.6) is 0 Å². The fourth-order valence-electron chi connectivity index (χ4n) is 1.46. The van der Waals surface area contributed by atoms with Gasteiger partial charge in [-0.25, -0.2) is 4.39 Å². The van der Waals surface area contributed by atoms with Crippen LogP contribution in [0.2, 0.25) is 0 Å². The maximum atomic E-state index is 12.9. The summed E-state index contributed by atoms with van der Waals surface area (Å²) >= 11 is 0. The maximum Gasteiger partial charge on any atom is 0.146 e. The van der Waals surface area contributed by atoms with Gasteiger partial charge in [0.05, 0.1) is 5.69 Å². The van der Waals surface area contributed by atoms with E-state index in [0.29, 0.717) is 6.54 Å². The van der Waals surface area contributed by atoms with Crippen LogP contribution >= 0.6 is 0 Å². The summed E-state index contributed by atoms with van der Waals surface area (Å²) in [5, 5.41) is 3.23. The monoisotopic (exact) mass is 216 g/mol. The Labute approximate surface area is 93.9 Å². The maximum absolute atomic E-state index is 12.9. The average Bonchev–Trinajstić information content (AvgIpc) is 2.32. The molecule has 0 saturated carbocycles. The summed E-state index contributed by atoms with van der Waals surface area (Å²) in [5.41, 5.74) is 7.67. The first-order valence-electron chi connectivity index (χ1n) is 5.08. The van der Waals surface area contributed by atoms with Crippen LogP contribution in [0.15, 0.2) is 48.5 Å². The number of hydrogen-bond donors (Lipinski definition) is 2. The number of halogens is 1. The zero-order valence-corrected chi connectivity index (χ0v) is 8.78. The normalized spacial score (nSPS) is 10.1. The number of nitrogens with one attached hydrogen (secondary N) is 1. The molecule has 0 aliphatic rings. The fraction of sp³-hybridized carbons (Fsp3) is 0.0769. The van der Waals surface area contributed by atoms with Gasteiger partial charge in [0.15, 0.2) is 0 Å². The van der Waals surface area contributed by atoms with Crippen molar-refractivity contribution in [1.29, 1.82) is 0 Å². The first-order valence-corrected chi connectivity index (χ1v) is 5.08. The first kappa shape index (κ1) is 10.5. The fourth-order valence-corrected chi connectivity index (χ4v) is 1.46. The minimum Gasteiger partial charge on any atom is -0.396 e. The Morgan fingerprint density at radius 3 is 2.50 bits per heavy atom. The molecule has 0 radical (unpaired) electrons. The molecule has 0 aliphatic carbocycles. The van der Waals surface area contributed by atoms with Crippen LogP contribution in [0.3, 0.4) is 0 Å². The number of anilines is 2. The zero-order valence-electron chi connectivity index (χ0n) is 8.78. The minimum absolute atomic E-state index is 0.187. The molecule has 2 aromatic carbocycles. The molecule has 0 aromatic heterocycles. The predicted octanol–water partition coefficient (Wildman–Crippen LogP) is 3.02. The molecule has 0 amide bonds. The lowest BCUT2D eigenvalue weighted by atomic mass is 10.2. The molecule has 2 rings (SSSR count). The molecule has 0 saturated heterocycles. The highest BCUT2D eigenvalue weighted by Gasteiger charge is 1.99. The summed E-state index contributed by atoms with van der Waals surface area (Å²) in [4.78, 5) is 0. The van der Waals surface area contributed by atoms with Crippen LogP contribution in [0, 0.1) is 5.82 Å². The number of para-hydroxylation sites is 1. The lowest BCUT2D eigenvalue weighted by Crippen LogP contribution is -2.00. The van der Waals surface area contributed by atoms with Crippen molar-refractivity contribution in [3.05, 3.63) is 59.9 Å². The largest absolute Gasteiger partial charge is 0.396 e. The molecular formula is C13H13FN2. The molecule has 0 spiro atoms. The van der Waals surface area contributed by atoms with E-state index in [-0.39, 0.29) is 11.5 Å². The standard InChI is InChI=1S/C13H13FN2/c14-12-7-6-10(8-13(12)15)9-16-11-4-2-1-3-5-11/h1-8,16H,9,15H2. The highest BCUT2D eigenvalue weighted by molar-refractivity contribution is 5.46. The summed E-state index contributed by atoms with van der Waals surface area (Å²) in [6.45, 7) is 0.633. The summed E-state index contributed by atoms with van der Waals surface area (Å²) < 4.78 is 12.9. The van der Waals surface area contributed by atoms with Crippen molar-refractivity contribution in [1.82, 2.24) is 0 Å². The van der Waals surface area contributed by atoms with E-state index in [1.54, 1.807) is 12.1 Å². The Kier molecular flexibility index (Phi) is 3.05. The van der Waals surface area contributed by atoms with E-state index in [9.17, 15) is 4.39 Å². The van der Waals surface area contributed by atoms with E-state index in [2.05, 4.69) is 5.32 Å². The van der Waals surface area contributed by atoms with Gasteiger partial charge in [-0.05, 0) is 29.8 Å². The van der Waals surface area contributed by atoms with Gasteiger partial charge in [0.1, 0.15) is 5.82 Å². The van der Waals surface area contributed by atoms with Gasteiger partial charge in [-0.1, -0.05) is 24.3 Å². The number of nitrogens with two attached hydrogens (primary N) is 1. The Morgan fingerprint density at radius 1 is 1.06 bits per heavy atom. The molecule has 0 heterocycles. The third-order valence-corrected chi connectivity index (χ3v) is 2.33. The highest BCUT2D eigenvalue weighted by Crippen LogP contribution is 2.14. The van der Waals surface area contributed by atoms with Crippen LogP contribution in [-0.4, -0.2) is 0 Å². The van der Waals surface area contributed by atoms with Crippen molar-refractivity contribution >= 4 is 11.4 Å². The van der Waals surface area contributed by atoms with Crippen LogP contribution in [0.1, 0.15) is 5.56 Å². The Hall–Kier alpha value is -2.03. The van der Waals surface area contributed by atoms with Crippen LogP contribution < -0.4 is 11.1 Å². The van der Waals surface area contributed by atoms with Crippen molar-refractivity contribution < 1.29 is 4.39 Å². The molecule has 0 aliphatic heterocycles. The van der Waals surface area contributed by atoms with E-state index in [4.69, 9.17) is 5.73 Å². The summed E-state index contributed by atoms with van der Waals surface area (Å²) in [6.07, 6.45) is 0. The molecule has 3 heteroatoms. The second-order valence-electron chi connectivity index (χ2n) is 3.58. The highest BCUT2D eigenvalue weighted by atomic mass is 19.1. The average molecular weight is 216 g/mol. The smallest absolute Gasteiger partial charge is 0.146 e. The van der Waals surface area contributed by atoms with Gasteiger partial charge in [0.25, 0.3) is 0 Å². The van der Waals surface area contributed by atoms with Gasteiger partial charge in [-0.3, -0.25) is 0 Å². The van der Waals surface area contributed by atoms with E-state index in [0.717, 1.165) is 11.3 Å². The number of rotatable bonds is 3. The van der Waals surface area contributed by atoms with Crippen molar-refractivity contribution in [2.75, 3.05) is 11.1 Å². The van der Waals surface area contributed by atoms with Gasteiger partial charge in [0, 0.05) is 12.2 Å². The molecule has 0 unspecified atom stereocenters. The van der Waals surface area contributed by atoms with Gasteiger partial charge in [-0.15, -0.1) is 0 Å². The second kappa shape index (κ2) is 4.66. The predicted molar refractivity (Wildman–Crippen MR) is 64.6 cm³/mol. The van der Waals surface area contributed by atoms with Crippen LogP contribution in [-0.2, 0) is 6.54 Å². The summed E-state index contributed by atoms with van der Waals surface area (Å²) in [6, 6.07) is 14.6. The van der Waals surface area contributed by atoms with Crippen molar-refractivity contribution in [3.8, 4) is 0 Å². The van der Waals surface area contributed by atoms with Crippen molar-refractivity contribution in [3.63, 3.8) is 0 Å². The van der Waals surface area contributed by atoms with Crippen molar-refractivity contribution in [2.24, 2.45) is 0 Å². The van der Waals surface area contributed by atoms with Crippen LogP contribution in [0.25, 0.3) is 0 Å². The number of benzene rings is 2. The Bertz CT molecular complexity index is 469. The van der Waals surface area contributed by atoms with E-state index < -0.39 is 0 Å². The van der Waals surface area contributed by atoms with Crippen molar-refractivity contribution in [2.45, 2.75) is 6.54 Å². The third kappa shape index (κ3) is 2.51. The molecule has 0 fully saturated rings. The summed E-state index contributed by atoms with van der Waals surface area (Å²) in [7, 11) is 0. The minimum atomic E-state index is -0.372. The second-order valence-corrected chi connectivity index (χ2v) is 3.58. The molecule has 3 N–H and O–H groups in total. The van der Waals surface area contributed by atoms with Gasteiger partial charge in [0.2, 0.25) is 0 Å². The topological polar surface area (TPSA) is 38.0 Å². The Balaban J connectivity index is 2.03.